The fraction of sp³-hybridized carbons (Fsp3) is 0.333. The highest BCUT2D eigenvalue weighted by Crippen LogP contribution is 2.20. The van der Waals surface area contributed by atoms with Crippen LogP contribution >= 0.6 is 0 Å². The molecule has 0 fully saturated rings. The predicted octanol–water partition coefficient (Wildman–Crippen LogP) is 3.06. The molecule has 1 heterocycles. The maximum absolute atomic E-state index is 11.7. The molecule has 5 heteroatoms. The summed E-state index contributed by atoms with van der Waals surface area (Å²) < 4.78 is 7.00. The van der Waals surface area contributed by atoms with Crippen molar-refractivity contribution >= 4 is 11.8 Å². The van der Waals surface area contributed by atoms with Crippen molar-refractivity contribution in [2.24, 2.45) is 0 Å². The van der Waals surface area contributed by atoms with Gasteiger partial charge in [0.15, 0.2) is 0 Å². The SMILES string of the molecule is Cc1cc(C)c(NC(=O)OCCn2ccnc2)cc1C. The molecule has 20 heavy (non-hydrogen) atoms. The van der Waals surface area contributed by atoms with Crippen molar-refractivity contribution in [3.63, 3.8) is 0 Å². The van der Waals surface area contributed by atoms with Gasteiger partial charge >= 0.3 is 6.09 Å². The molecule has 5 nitrogen and oxygen atoms in total. The standard InChI is InChI=1S/C15H19N3O2/c1-11-8-13(3)14(9-12(11)2)17-15(19)20-7-6-18-5-4-16-10-18/h4-5,8-10H,6-7H2,1-3H3,(H,17,19). The molecule has 0 unspecified atom stereocenters. The quantitative estimate of drug-likeness (QED) is 0.931. The van der Waals surface area contributed by atoms with E-state index < -0.39 is 6.09 Å². The van der Waals surface area contributed by atoms with Crippen LogP contribution in [0.3, 0.4) is 0 Å². The highest BCUT2D eigenvalue weighted by Gasteiger charge is 2.07. The summed E-state index contributed by atoms with van der Waals surface area (Å²) >= 11 is 0. The third-order valence-corrected chi connectivity index (χ3v) is 3.22. The average molecular weight is 273 g/mol. The Morgan fingerprint density at radius 3 is 2.70 bits per heavy atom. The van der Waals surface area contributed by atoms with E-state index in [9.17, 15) is 4.79 Å². The van der Waals surface area contributed by atoms with Gasteiger partial charge < -0.3 is 9.30 Å². The average Bonchev–Trinajstić information content (AvgIpc) is 2.89. The second kappa shape index (κ2) is 6.23. The van der Waals surface area contributed by atoms with Crippen LogP contribution in [0.15, 0.2) is 30.9 Å². The van der Waals surface area contributed by atoms with E-state index >= 15 is 0 Å². The Bertz CT molecular complexity index is 591. The van der Waals surface area contributed by atoms with Gasteiger partial charge in [-0.15, -0.1) is 0 Å². The van der Waals surface area contributed by atoms with E-state index in [1.54, 1.807) is 12.5 Å². The monoisotopic (exact) mass is 273 g/mol. The minimum absolute atomic E-state index is 0.312. The molecule has 1 N–H and O–H groups in total. The summed E-state index contributed by atoms with van der Waals surface area (Å²) in [5.41, 5.74) is 4.17. The molecule has 0 aliphatic rings. The van der Waals surface area contributed by atoms with E-state index in [4.69, 9.17) is 4.74 Å². The van der Waals surface area contributed by atoms with E-state index in [0.717, 1.165) is 16.8 Å². The van der Waals surface area contributed by atoms with Crippen LogP contribution in [-0.2, 0) is 11.3 Å². The van der Waals surface area contributed by atoms with Crippen LogP contribution in [0, 0.1) is 20.8 Å². The summed E-state index contributed by atoms with van der Waals surface area (Å²) in [4.78, 5) is 15.7. The van der Waals surface area contributed by atoms with Crippen LogP contribution in [0.4, 0.5) is 10.5 Å². The molecule has 0 atom stereocenters. The third-order valence-electron chi connectivity index (χ3n) is 3.22. The fourth-order valence-corrected chi connectivity index (χ4v) is 1.90. The molecule has 0 bridgehead atoms. The van der Waals surface area contributed by atoms with E-state index in [0.29, 0.717) is 13.2 Å². The Hall–Kier alpha value is -2.30. The number of nitrogens with zero attached hydrogens (tertiary/aromatic N) is 2. The number of aryl methyl sites for hydroxylation is 3. The molecule has 0 aliphatic heterocycles. The normalized spacial score (nSPS) is 10.3. The van der Waals surface area contributed by atoms with Crippen LogP contribution in [0.1, 0.15) is 16.7 Å². The summed E-state index contributed by atoms with van der Waals surface area (Å²) in [7, 11) is 0. The Kier molecular flexibility index (Phi) is 4.40. The van der Waals surface area contributed by atoms with Gasteiger partial charge in [0.2, 0.25) is 0 Å². The molecule has 0 radical (unpaired) electrons. The largest absolute Gasteiger partial charge is 0.447 e. The van der Waals surface area contributed by atoms with Gasteiger partial charge in [-0.25, -0.2) is 9.78 Å². The second-order valence-electron chi connectivity index (χ2n) is 4.81. The first-order chi connectivity index (χ1) is 9.56. The number of hydrogen-bond acceptors (Lipinski definition) is 3. The number of nitrogens with one attached hydrogen (secondary N) is 1. The predicted molar refractivity (Wildman–Crippen MR) is 77.9 cm³/mol. The van der Waals surface area contributed by atoms with Crippen LogP contribution in [-0.4, -0.2) is 22.3 Å². The second-order valence-corrected chi connectivity index (χ2v) is 4.81. The van der Waals surface area contributed by atoms with Crippen LogP contribution in [0.2, 0.25) is 0 Å². The zero-order valence-corrected chi connectivity index (χ0v) is 12.0. The number of aromatic nitrogens is 2. The number of ether oxygens (including phenoxy) is 1. The zero-order valence-electron chi connectivity index (χ0n) is 12.0. The van der Waals surface area contributed by atoms with Crippen molar-refractivity contribution in [1.82, 2.24) is 9.55 Å². The van der Waals surface area contributed by atoms with Gasteiger partial charge in [0.25, 0.3) is 0 Å². The molecular weight excluding hydrogens is 254 g/mol. The first-order valence-electron chi connectivity index (χ1n) is 6.53. The van der Waals surface area contributed by atoms with Gasteiger partial charge in [-0.2, -0.15) is 0 Å². The first-order valence-corrected chi connectivity index (χ1v) is 6.53. The zero-order chi connectivity index (χ0) is 14.5. The number of carbonyl (C=O) groups excluding carboxylic acids is 1. The number of hydrogen-bond donors (Lipinski definition) is 1. The van der Waals surface area contributed by atoms with Crippen molar-refractivity contribution in [3.05, 3.63) is 47.5 Å². The Balaban J connectivity index is 1.86. The van der Waals surface area contributed by atoms with Gasteiger partial charge in [-0.05, 0) is 43.5 Å². The minimum Gasteiger partial charge on any atom is -0.447 e. The van der Waals surface area contributed by atoms with Crippen molar-refractivity contribution in [2.75, 3.05) is 11.9 Å². The van der Waals surface area contributed by atoms with Gasteiger partial charge in [0, 0.05) is 18.1 Å². The number of anilines is 1. The van der Waals surface area contributed by atoms with Gasteiger partial charge in [0.05, 0.1) is 12.9 Å². The number of benzene rings is 1. The maximum atomic E-state index is 11.7. The highest BCUT2D eigenvalue weighted by molar-refractivity contribution is 5.85. The van der Waals surface area contributed by atoms with Gasteiger partial charge in [0.1, 0.15) is 6.61 Å². The molecule has 1 amide bonds. The lowest BCUT2D eigenvalue weighted by molar-refractivity contribution is 0.157. The summed E-state index contributed by atoms with van der Waals surface area (Å²) in [5.74, 6) is 0. The highest BCUT2D eigenvalue weighted by atomic mass is 16.5. The molecule has 0 spiro atoms. The molecule has 1 aromatic heterocycles. The number of carbonyl (C=O) groups is 1. The molecular formula is C15H19N3O2. The lowest BCUT2D eigenvalue weighted by Crippen LogP contribution is -2.17. The third kappa shape index (κ3) is 3.60. The van der Waals surface area contributed by atoms with E-state index in [1.165, 1.54) is 5.56 Å². The molecule has 0 saturated heterocycles. The van der Waals surface area contributed by atoms with Crippen LogP contribution < -0.4 is 5.32 Å². The summed E-state index contributed by atoms with van der Waals surface area (Å²) in [6, 6.07) is 4.01. The minimum atomic E-state index is -0.434. The summed E-state index contributed by atoms with van der Waals surface area (Å²) in [6.07, 6.45) is 4.78. The molecule has 0 aliphatic carbocycles. The topological polar surface area (TPSA) is 56.1 Å². The smallest absolute Gasteiger partial charge is 0.411 e. The number of rotatable bonds is 4. The van der Waals surface area contributed by atoms with Crippen LogP contribution in [0.5, 0.6) is 0 Å². The van der Waals surface area contributed by atoms with Crippen molar-refractivity contribution in [3.8, 4) is 0 Å². The number of amides is 1. The molecule has 2 rings (SSSR count). The van der Waals surface area contributed by atoms with Gasteiger partial charge in [-0.1, -0.05) is 6.07 Å². The maximum Gasteiger partial charge on any atom is 0.411 e. The molecule has 2 aromatic rings. The van der Waals surface area contributed by atoms with E-state index in [-0.39, 0.29) is 0 Å². The van der Waals surface area contributed by atoms with Crippen molar-refractivity contribution in [2.45, 2.75) is 27.3 Å². The first kappa shape index (κ1) is 14.1. The Morgan fingerprint density at radius 2 is 2.00 bits per heavy atom. The van der Waals surface area contributed by atoms with Crippen LogP contribution in [0.25, 0.3) is 0 Å². The van der Waals surface area contributed by atoms with E-state index in [1.807, 2.05) is 30.7 Å². The van der Waals surface area contributed by atoms with E-state index in [2.05, 4.69) is 23.3 Å². The van der Waals surface area contributed by atoms with Crippen molar-refractivity contribution < 1.29 is 9.53 Å². The molecule has 0 saturated carbocycles. The van der Waals surface area contributed by atoms with Gasteiger partial charge in [-0.3, -0.25) is 5.32 Å². The summed E-state index contributed by atoms with van der Waals surface area (Å²) in [6.45, 7) is 6.94. The summed E-state index contributed by atoms with van der Waals surface area (Å²) in [5, 5.41) is 2.77. The Morgan fingerprint density at radius 1 is 1.25 bits per heavy atom. The van der Waals surface area contributed by atoms with Crippen molar-refractivity contribution in [1.29, 1.82) is 0 Å². The fourth-order valence-electron chi connectivity index (χ4n) is 1.90. The molecule has 1 aromatic carbocycles. The lowest BCUT2D eigenvalue weighted by atomic mass is 10.1. The Labute approximate surface area is 118 Å². The number of imidazole rings is 1. The molecule has 106 valence electrons. The lowest BCUT2D eigenvalue weighted by Gasteiger charge is -2.11.